The fourth-order valence-electron chi connectivity index (χ4n) is 3.51. The van der Waals surface area contributed by atoms with Gasteiger partial charge in [-0.3, -0.25) is 4.79 Å². The number of nitrogens with zero attached hydrogens (tertiary/aromatic N) is 5. The van der Waals surface area contributed by atoms with Crippen LogP contribution in [0, 0.1) is 0 Å². The molecule has 34 heavy (non-hydrogen) atoms. The van der Waals surface area contributed by atoms with E-state index < -0.39 is 11.7 Å². The first-order valence-electron chi connectivity index (χ1n) is 10.8. The molecular weight excluding hydrogens is 465 g/mol. The van der Waals surface area contributed by atoms with Gasteiger partial charge in [0, 0.05) is 12.2 Å². The lowest BCUT2D eigenvalue weighted by Gasteiger charge is -2.11. The number of amides is 1. The average molecular weight is 489 g/mol. The lowest BCUT2D eigenvalue weighted by molar-refractivity contribution is -0.137. The standard InChI is InChI=1S/C23H23F3N6OS/c1-2-3-10-32-20-9-8-17(23(24,25)26)11-19(20)30-22(32)34-13-21(33)29-18-7-5-4-6-16(18)12-31-15-27-14-28-31/h4-9,11,14-15H,2-3,10,12-13H2,1H3,(H,29,33). The van der Waals surface area contributed by atoms with E-state index in [9.17, 15) is 18.0 Å². The summed E-state index contributed by atoms with van der Waals surface area (Å²) < 4.78 is 43.0. The number of halogens is 3. The quantitative estimate of drug-likeness (QED) is 0.327. The van der Waals surface area contributed by atoms with Crippen molar-refractivity contribution < 1.29 is 18.0 Å². The molecule has 0 spiro atoms. The van der Waals surface area contributed by atoms with Crippen LogP contribution in [-0.4, -0.2) is 36.0 Å². The van der Waals surface area contributed by atoms with E-state index in [4.69, 9.17) is 0 Å². The molecule has 0 atom stereocenters. The molecule has 0 radical (unpaired) electrons. The topological polar surface area (TPSA) is 77.6 Å². The number of thioether (sulfide) groups is 1. The molecular formula is C23H23F3N6OS. The van der Waals surface area contributed by atoms with E-state index in [1.165, 1.54) is 24.2 Å². The molecule has 2 heterocycles. The second kappa shape index (κ2) is 10.3. The van der Waals surface area contributed by atoms with Gasteiger partial charge in [0.15, 0.2) is 5.16 Å². The first-order chi connectivity index (χ1) is 16.3. The first-order valence-corrected chi connectivity index (χ1v) is 11.7. The van der Waals surface area contributed by atoms with Gasteiger partial charge in [-0.05, 0) is 36.2 Å². The van der Waals surface area contributed by atoms with Crippen LogP contribution in [0.3, 0.4) is 0 Å². The van der Waals surface area contributed by atoms with E-state index in [1.807, 2.05) is 35.8 Å². The highest BCUT2D eigenvalue weighted by atomic mass is 32.2. The molecule has 178 valence electrons. The molecule has 4 rings (SSSR count). The molecule has 1 amide bonds. The largest absolute Gasteiger partial charge is 0.416 e. The molecule has 0 aliphatic rings. The number of imidazole rings is 1. The normalized spacial score (nSPS) is 11.8. The summed E-state index contributed by atoms with van der Waals surface area (Å²) in [5.41, 5.74) is 1.70. The van der Waals surface area contributed by atoms with Gasteiger partial charge >= 0.3 is 6.18 Å². The number of fused-ring (bicyclic) bond motifs is 1. The zero-order chi connectivity index (χ0) is 24.1. The van der Waals surface area contributed by atoms with E-state index in [0.717, 1.165) is 30.5 Å². The monoisotopic (exact) mass is 488 g/mol. The number of hydrogen-bond acceptors (Lipinski definition) is 5. The molecule has 0 bridgehead atoms. The van der Waals surface area contributed by atoms with Crippen LogP contribution in [0.1, 0.15) is 30.9 Å². The summed E-state index contributed by atoms with van der Waals surface area (Å²) >= 11 is 1.21. The van der Waals surface area contributed by atoms with Gasteiger partial charge in [0.2, 0.25) is 5.91 Å². The number of rotatable bonds is 9. The van der Waals surface area contributed by atoms with Crippen LogP contribution in [0.2, 0.25) is 0 Å². The molecule has 0 saturated heterocycles. The number of benzene rings is 2. The summed E-state index contributed by atoms with van der Waals surface area (Å²) in [6, 6.07) is 11.0. The molecule has 11 heteroatoms. The van der Waals surface area contributed by atoms with Crippen molar-refractivity contribution in [2.45, 2.75) is 44.2 Å². The van der Waals surface area contributed by atoms with Crippen molar-refractivity contribution in [3.63, 3.8) is 0 Å². The van der Waals surface area contributed by atoms with Gasteiger partial charge in [-0.2, -0.15) is 18.3 Å². The summed E-state index contributed by atoms with van der Waals surface area (Å²) in [5.74, 6) is -0.166. The second-order valence-corrected chi connectivity index (χ2v) is 8.63. The minimum Gasteiger partial charge on any atom is -0.325 e. The molecule has 4 aromatic rings. The van der Waals surface area contributed by atoms with Crippen LogP contribution in [0.5, 0.6) is 0 Å². The SMILES string of the molecule is CCCCn1c(SCC(=O)Nc2ccccc2Cn2cncn2)nc2cc(C(F)(F)F)ccc21. The van der Waals surface area contributed by atoms with Crippen molar-refractivity contribution in [2.24, 2.45) is 0 Å². The highest BCUT2D eigenvalue weighted by Gasteiger charge is 2.31. The summed E-state index contributed by atoms with van der Waals surface area (Å²) in [5, 5.41) is 7.52. The Morgan fingerprint density at radius 3 is 2.74 bits per heavy atom. The Kier molecular flexibility index (Phi) is 7.20. The van der Waals surface area contributed by atoms with E-state index in [1.54, 1.807) is 11.0 Å². The number of hydrogen-bond donors (Lipinski definition) is 1. The maximum atomic E-state index is 13.1. The average Bonchev–Trinajstić information content (AvgIpc) is 3.44. The van der Waals surface area contributed by atoms with E-state index in [-0.39, 0.29) is 17.2 Å². The number of aryl methyl sites for hydroxylation is 1. The van der Waals surface area contributed by atoms with E-state index in [2.05, 4.69) is 20.4 Å². The second-order valence-electron chi connectivity index (χ2n) is 7.69. The fourth-order valence-corrected chi connectivity index (χ4v) is 4.35. The third-order valence-electron chi connectivity index (χ3n) is 5.20. The summed E-state index contributed by atoms with van der Waals surface area (Å²) in [4.78, 5) is 21.1. The number of carbonyl (C=O) groups excluding carboxylic acids is 1. The lowest BCUT2D eigenvalue weighted by atomic mass is 10.2. The van der Waals surface area contributed by atoms with Gasteiger partial charge < -0.3 is 9.88 Å². The zero-order valence-corrected chi connectivity index (χ0v) is 19.2. The van der Waals surface area contributed by atoms with Crippen molar-refractivity contribution >= 4 is 34.4 Å². The zero-order valence-electron chi connectivity index (χ0n) is 18.4. The number of unbranched alkanes of at least 4 members (excludes halogenated alkanes) is 1. The molecule has 7 nitrogen and oxygen atoms in total. The van der Waals surface area contributed by atoms with Gasteiger partial charge in [0.1, 0.15) is 12.7 Å². The third-order valence-corrected chi connectivity index (χ3v) is 6.17. The first kappa shape index (κ1) is 23.8. The fraction of sp³-hybridized carbons (Fsp3) is 0.304. The van der Waals surface area contributed by atoms with Gasteiger partial charge in [0.05, 0.1) is 28.9 Å². The Morgan fingerprint density at radius 2 is 2.00 bits per heavy atom. The number of alkyl halides is 3. The summed E-state index contributed by atoms with van der Waals surface area (Å²) in [7, 11) is 0. The van der Waals surface area contributed by atoms with Gasteiger partial charge in [-0.15, -0.1) is 0 Å². The van der Waals surface area contributed by atoms with Gasteiger partial charge in [-0.25, -0.2) is 14.6 Å². The molecule has 1 N–H and O–H groups in total. The van der Waals surface area contributed by atoms with Crippen LogP contribution in [0.4, 0.5) is 18.9 Å². The van der Waals surface area contributed by atoms with Gasteiger partial charge in [-0.1, -0.05) is 43.3 Å². The molecule has 2 aromatic carbocycles. The highest BCUT2D eigenvalue weighted by Crippen LogP contribution is 2.33. The number of aromatic nitrogens is 5. The maximum Gasteiger partial charge on any atom is 0.416 e. The molecule has 2 aromatic heterocycles. The number of para-hydroxylation sites is 1. The highest BCUT2D eigenvalue weighted by molar-refractivity contribution is 7.99. The van der Waals surface area contributed by atoms with Crippen molar-refractivity contribution in [3.8, 4) is 0 Å². The number of carbonyl (C=O) groups is 1. The Balaban J connectivity index is 1.50. The minimum atomic E-state index is -4.44. The van der Waals surface area contributed by atoms with Crippen LogP contribution < -0.4 is 5.32 Å². The predicted molar refractivity (Wildman–Crippen MR) is 125 cm³/mol. The van der Waals surface area contributed by atoms with Crippen molar-refractivity contribution in [3.05, 3.63) is 66.2 Å². The predicted octanol–water partition coefficient (Wildman–Crippen LogP) is 5.23. The van der Waals surface area contributed by atoms with Crippen molar-refractivity contribution in [2.75, 3.05) is 11.1 Å². The van der Waals surface area contributed by atoms with Crippen LogP contribution in [0.15, 0.2) is 60.3 Å². The Hall–Kier alpha value is -3.34. The smallest absolute Gasteiger partial charge is 0.325 e. The Bertz CT molecular complexity index is 1270. The molecule has 0 unspecified atom stereocenters. The van der Waals surface area contributed by atoms with Crippen molar-refractivity contribution in [1.82, 2.24) is 24.3 Å². The maximum absolute atomic E-state index is 13.1. The number of nitrogens with one attached hydrogen (secondary N) is 1. The summed E-state index contributed by atoms with van der Waals surface area (Å²) in [6.45, 7) is 3.11. The van der Waals surface area contributed by atoms with Crippen LogP contribution in [-0.2, 0) is 24.1 Å². The Morgan fingerprint density at radius 1 is 1.18 bits per heavy atom. The Labute approximate surface area is 198 Å². The lowest BCUT2D eigenvalue weighted by Crippen LogP contribution is -2.16. The van der Waals surface area contributed by atoms with E-state index in [0.29, 0.717) is 29.5 Å². The molecule has 0 fully saturated rings. The third kappa shape index (κ3) is 5.58. The van der Waals surface area contributed by atoms with Crippen LogP contribution in [0.25, 0.3) is 11.0 Å². The van der Waals surface area contributed by atoms with Crippen molar-refractivity contribution in [1.29, 1.82) is 0 Å². The van der Waals surface area contributed by atoms with E-state index >= 15 is 0 Å². The molecule has 0 aliphatic heterocycles. The molecule has 0 saturated carbocycles. The van der Waals surface area contributed by atoms with Gasteiger partial charge in [0.25, 0.3) is 0 Å². The minimum absolute atomic E-state index is 0.0687. The summed E-state index contributed by atoms with van der Waals surface area (Å²) in [6.07, 6.45) is 0.378. The van der Waals surface area contributed by atoms with Crippen LogP contribution >= 0.6 is 11.8 Å². The molecule has 0 aliphatic carbocycles. The number of anilines is 1.